The summed E-state index contributed by atoms with van der Waals surface area (Å²) in [7, 11) is -3.76. The molecule has 0 aliphatic heterocycles. The Labute approximate surface area is 202 Å². The van der Waals surface area contributed by atoms with E-state index in [2.05, 4.69) is 36.3 Å². The van der Waals surface area contributed by atoms with Crippen molar-refractivity contribution < 1.29 is 8.42 Å². The van der Waals surface area contributed by atoms with Crippen molar-refractivity contribution in [3.8, 4) is 0 Å². The van der Waals surface area contributed by atoms with Crippen molar-refractivity contribution in [2.45, 2.75) is 37.8 Å². The molecule has 1 aromatic heterocycles. The molecular formula is C28H29N3O2S. The van der Waals surface area contributed by atoms with E-state index in [4.69, 9.17) is 0 Å². The first-order valence-corrected chi connectivity index (χ1v) is 12.8. The van der Waals surface area contributed by atoms with Crippen LogP contribution in [0.4, 0.5) is 11.5 Å². The molecule has 0 amide bonds. The van der Waals surface area contributed by atoms with Crippen molar-refractivity contribution in [2.75, 3.05) is 5.32 Å². The van der Waals surface area contributed by atoms with Crippen LogP contribution in [0.1, 0.15) is 36.5 Å². The molecule has 5 nitrogen and oxygen atoms in total. The number of benzene rings is 3. The fourth-order valence-electron chi connectivity index (χ4n) is 3.66. The smallest absolute Gasteiger partial charge is 0.245 e. The molecule has 0 radical (unpaired) electrons. The topological polar surface area (TPSA) is 62.3 Å². The zero-order valence-corrected chi connectivity index (χ0v) is 20.2. The molecule has 0 aliphatic carbocycles. The lowest BCUT2D eigenvalue weighted by atomic mass is 10.0. The van der Waals surface area contributed by atoms with Gasteiger partial charge in [-0.15, -0.1) is 0 Å². The van der Waals surface area contributed by atoms with E-state index in [0.717, 1.165) is 16.8 Å². The number of hydrogen-bond acceptors (Lipinski definition) is 4. The average molecular weight is 472 g/mol. The number of aromatic nitrogens is 1. The van der Waals surface area contributed by atoms with Crippen molar-refractivity contribution in [2.24, 2.45) is 0 Å². The number of sulfonamides is 1. The Bertz CT molecular complexity index is 1250. The van der Waals surface area contributed by atoms with E-state index < -0.39 is 10.0 Å². The Kier molecular flexibility index (Phi) is 7.40. The van der Waals surface area contributed by atoms with E-state index in [1.807, 2.05) is 72.8 Å². The summed E-state index contributed by atoms with van der Waals surface area (Å²) in [6.45, 7) is 4.87. The van der Waals surface area contributed by atoms with Gasteiger partial charge in [-0.2, -0.15) is 4.31 Å². The molecule has 1 heterocycles. The molecule has 0 fully saturated rings. The second kappa shape index (κ2) is 10.6. The Morgan fingerprint density at radius 1 is 0.765 bits per heavy atom. The molecule has 3 aromatic carbocycles. The quantitative estimate of drug-likeness (QED) is 0.309. The SMILES string of the molecule is CC(C)c1ccc(Nc2ccc(S(=O)(=O)N(Cc3ccccc3)Cc3ccccc3)cn2)cc1. The normalized spacial score (nSPS) is 11.6. The summed E-state index contributed by atoms with van der Waals surface area (Å²) >= 11 is 0. The molecule has 0 aliphatic rings. The summed E-state index contributed by atoms with van der Waals surface area (Å²) in [4.78, 5) is 4.54. The van der Waals surface area contributed by atoms with Crippen molar-refractivity contribution in [3.05, 3.63) is 120 Å². The van der Waals surface area contributed by atoms with Crippen LogP contribution in [0.15, 0.2) is 108 Å². The largest absolute Gasteiger partial charge is 0.340 e. The lowest BCUT2D eigenvalue weighted by molar-refractivity contribution is 0.401. The average Bonchev–Trinajstić information content (AvgIpc) is 2.85. The summed E-state index contributed by atoms with van der Waals surface area (Å²) in [6, 6.07) is 30.7. The van der Waals surface area contributed by atoms with Crippen LogP contribution in [0.3, 0.4) is 0 Å². The van der Waals surface area contributed by atoms with E-state index in [0.29, 0.717) is 11.7 Å². The first-order valence-electron chi connectivity index (χ1n) is 11.3. The second-order valence-electron chi connectivity index (χ2n) is 8.53. The van der Waals surface area contributed by atoms with Crippen LogP contribution in [0, 0.1) is 0 Å². The number of nitrogens with one attached hydrogen (secondary N) is 1. The summed E-state index contributed by atoms with van der Waals surface area (Å²) in [6.07, 6.45) is 1.42. The van der Waals surface area contributed by atoms with Gasteiger partial charge in [0, 0.05) is 25.0 Å². The summed E-state index contributed by atoms with van der Waals surface area (Å²) in [5.41, 5.74) is 4.02. The maximum atomic E-state index is 13.6. The minimum Gasteiger partial charge on any atom is -0.340 e. The molecule has 0 unspecified atom stereocenters. The van der Waals surface area contributed by atoms with Gasteiger partial charge in [0.15, 0.2) is 0 Å². The maximum Gasteiger partial charge on any atom is 0.245 e. The maximum absolute atomic E-state index is 13.6. The summed E-state index contributed by atoms with van der Waals surface area (Å²) < 4.78 is 28.6. The zero-order chi connectivity index (χ0) is 24.0. The minimum absolute atomic E-state index is 0.167. The highest BCUT2D eigenvalue weighted by Crippen LogP contribution is 2.23. The van der Waals surface area contributed by atoms with Gasteiger partial charge in [-0.1, -0.05) is 86.6 Å². The minimum atomic E-state index is -3.76. The van der Waals surface area contributed by atoms with Gasteiger partial charge >= 0.3 is 0 Å². The van der Waals surface area contributed by atoms with Crippen LogP contribution in [0.25, 0.3) is 0 Å². The lowest BCUT2D eigenvalue weighted by Gasteiger charge is -2.22. The molecule has 0 bridgehead atoms. The van der Waals surface area contributed by atoms with Gasteiger partial charge in [-0.3, -0.25) is 0 Å². The predicted octanol–water partition coefficient (Wildman–Crippen LogP) is 6.34. The molecule has 174 valence electrons. The predicted molar refractivity (Wildman–Crippen MR) is 137 cm³/mol. The van der Waals surface area contributed by atoms with E-state index in [1.54, 1.807) is 12.1 Å². The number of nitrogens with zero attached hydrogens (tertiary/aromatic N) is 2. The van der Waals surface area contributed by atoms with Crippen LogP contribution in [0.2, 0.25) is 0 Å². The van der Waals surface area contributed by atoms with Crippen LogP contribution < -0.4 is 5.32 Å². The molecule has 34 heavy (non-hydrogen) atoms. The van der Waals surface area contributed by atoms with E-state index >= 15 is 0 Å². The number of anilines is 2. The Morgan fingerprint density at radius 3 is 1.79 bits per heavy atom. The summed E-state index contributed by atoms with van der Waals surface area (Å²) in [5, 5.41) is 3.24. The lowest BCUT2D eigenvalue weighted by Crippen LogP contribution is -2.30. The standard InChI is InChI=1S/C28H29N3O2S/c1-22(2)25-13-15-26(16-14-25)30-28-18-17-27(19-29-28)34(32,33)31(20-23-9-5-3-6-10-23)21-24-11-7-4-8-12-24/h3-19,22H,20-21H2,1-2H3,(H,29,30). The zero-order valence-electron chi connectivity index (χ0n) is 19.4. The Balaban J connectivity index is 1.55. The Morgan fingerprint density at radius 2 is 1.32 bits per heavy atom. The van der Waals surface area contributed by atoms with E-state index in [-0.39, 0.29) is 18.0 Å². The van der Waals surface area contributed by atoms with Crippen molar-refractivity contribution in [1.82, 2.24) is 9.29 Å². The third kappa shape index (κ3) is 5.90. The third-order valence-corrected chi connectivity index (χ3v) is 7.40. The van der Waals surface area contributed by atoms with Gasteiger partial charge in [0.1, 0.15) is 10.7 Å². The third-order valence-electron chi connectivity index (χ3n) is 5.63. The molecule has 0 atom stereocenters. The van der Waals surface area contributed by atoms with Gasteiger partial charge < -0.3 is 5.32 Å². The molecule has 4 aromatic rings. The molecule has 0 spiro atoms. The van der Waals surface area contributed by atoms with Crippen LogP contribution in [-0.2, 0) is 23.1 Å². The van der Waals surface area contributed by atoms with Gasteiger partial charge in [-0.05, 0) is 46.9 Å². The monoisotopic (exact) mass is 471 g/mol. The fraction of sp³-hybridized carbons (Fsp3) is 0.179. The fourth-order valence-corrected chi connectivity index (χ4v) is 5.02. The molecule has 0 saturated heterocycles. The molecule has 0 saturated carbocycles. The van der Waals surface area contributed by atoms with Crippen LogP contribution >= 0.6 is 0 Å². The number of pyridine rings is 1. The molecular weight excluding hydrogens is 442 g/mol. The molecule has 1 N–H and O–H groups in total. The van der Waals surface area contributed by atoms with Crippen molar-refractivity contribution in [3.63, 3.8) is 0 Å². The van der Waals surface area contributed by atoms with Crippen molar-refractivity contribution in [1.29, 1.82) is 0 Å². The number of rotatable bonds is 9. The van der Waals surface area contributed by atoms with Crippen LogP contribution in [-0.4, -0.2) is 17.7 Å². The highest BCUT2D eigenvalue weighted by molar-refractivity contribution is 7.89. The van der Waals surface area contributed by atoms with Gasteiger partial charge in [0.2, 0.25) is 10.0 Å². The molecule has 6 heteroatoms. The van der Waals surface area contributed by atoms with E-state index in [1.165, 1.54) is 16.1 Å². The highest BCUT2D eigenvalue weighted by Gasteiger charge is 2.25. The Hall–Kier alpha value is -3.48. The first kappa shape index (κ1) is 23.7. The van der Waals surface area contributed by atoms with Crippen LogP contribution in [0.5, 0.6) is 0 Å². The first-order chi connectivity index (χ1) is 16.4. The number of hydrogen-bond donors (Lipinski definition) is 1. The highest BCUT2D eigenvalue weighted by atomic mass is 32.2. The second-order valence-corrected chi connectivity index (χ2v) is 10.5. The molecule has 4 rings (SSSR count). The van der Waals surface area contributed by atoms with Gasteiger partial charge in [0.05, 0.1) is 0 Å². The summed E-state index contributed by atoms with van der Waals surface area (Å²) in [5.74, 6) is 1.06. The van der Waals surface area contributed by atoms with Gasteiger partial charge in [-0.25, -0.2) is 13.4 Å². The van der Waals surface area contributed by atoms with Crippen molar-refractivity contribution >= 4 is 21.5 Å². The van der Waals surface area contributed by atoms with E-state index in [9.17, 15) is 8.42 Å². The van der Waals surface area contributed by atoms with Gasteiger partial charge in [0.25, 0.3) is 0 Å².